The first-order valence-corrected chi connectivity index (χ1v) is 1.72. The maximum atomic E-state index is 9.50. The van der Waals surface area contributed by atoms with Crippen molar-refractivity contribution in [1.82, 2.24) is 0 Å². The van der Waals surface area contributed by atoms with Crippen molar-refractivity contribution >= 4 is 51.8 Å². The Kier molecular flexibility index (Phi) is 10.5. The van der Waals surface area contributed by atoms with Gasteiger partial charge in [-0.2, -0.15) is 0 Å². The molecule has 0 aliphatic carbocycles. The summed E-state index contributed by atoms with van der Waals surface area (Å²) in [7, 11) is 0. The van der Waals surface area contributed by atoms with Crippen LogP contribution in [0.2, 0.25) is 0 Å². The number of rotatable bonds is 1. The Bertz CT molecular complexity index is 34.5. The van der Waals surface area contributed by atoms with Gasteiger partial charge in [0.25, 0.3) is 0 Å². The van der Waals surface area contributed by atoms with E-state index in [1.807, 2.05) is 13.8 Å². The Hall–Kier alpha value is 1.15. The van der Waals surface area contributed by atoms with Crippen molar-refractivity contribution in [3.8, 4) is 0 Å². The fraction of sp³-hybridized carbons (Fsp3) is 0.750. The van der Waals surface area contributed by atoms with Gasteiger partial charge in [-0.05, 0) is 0 Å². The molecule has 0 radical (unpaired) electrons. The fourth-order valence-electron chi connectivity index (χ4n) is 0. The summed E-state index contributed by atoms with van der Waals surface area (Å²) in [5.41, 5.74) is 0. The molecule has 0 spiro atoms. The first-order chi connectivity index (χ1) is 2.27. The minimum atomic E-state index is 0. The molecule has 0 N–H and O–H groups in total. The van der Waals surface area contributed by atoms with Gasteiger partial charge in [0, 0.05) is 5.92 Å². The zero-order valence-electron chi connectivity index (χ0n) is 3.56. The summed E-state index contributed by atoms with van der Waals surface area (Å²) in [6, 6.07) is 0. The SMILES string of the molecule is CC(C)C=O.[SrH2]. The standard InChI is InChI=1S/C4H8O.Sr.2H/c1-4(2)3-5;;;/h3-4H,1-2H3;;;. The topological polar surface area (TPSA) is 17.1 Å². The number of aldehydes is 1. The number of hydrogen-bond acceptors (Lipinski definition) is 1. The molecule has 0 aliphatic heterocycles. The molecule has 0 atom stereocenters. The van der Waals surface area contributed by atoms with Gasteiger partial charge in [0.2, 0.25) is 0 Å². The molecule has 0 aromatic carbocycles. The summed E-state index contributed by atoms with van der Waals surface area (Å²) >= 11 is 0. The molecule has 0 bridgehead atoms. The molecule has 6 heavy (non-hydrogen) atoms. The van der Waals surface area contributed by atoms with Crippen LogP contribution in [0.25, 0.3) is 0 Å². The maximum absolute atomic E-state index is 9.50. The van der Waals surface area contributed by atoms with Gasteiger partial charge in [-0.1, -0.05) is 13.8 Å². The number of hydrogen-bond donors (Lipinski definition) is 0. The van der Waals surface area contributed by atoms with Crippen LogP contribution in [0, 0.1) is 5.92 Å². The minimum absolute atomic E-state index is 0. The summed E-state index contributed by atoms with van der Waals surface area (Å²) in [5, 5.41) is 0. The molecule has 0 saturated heterocycles. The first-order valence-electron chi connectivity index (χ1n) is 1.72. The Balaban J connectivity index is 0. The molecular formula is C4H10OSr. The van der Waals surface area contributed by atoms with Crippen molar-refractivity contribution < 1.29 is 4.79 Å². The van der Waals surface area contributed by atoms with Crippen LogP contribution in [-0.2, 0) is 4.79 Å². The van der Waals surface area contributed by atoms with E-state index in [1.54, 1.807) is 0 Å². The molecule has 0 fully saturated rings. The van der Waals surface area contributed by atoms with Crippen molar-refractivity contribution in [1.29, 1.82) is 0 Å². The molecule has 0 heterocycles. The van der Waals surface area contributed by atoms with Gasteiger partial charge in [-0.3, -0.25) is 0 Å². The second-order valence-electron chi connectivity index (χ2n) is 1.38. The quantitative estimate of drug-likeness (QED) is 0.389. The van der Waals surface area contributed by atoms with Gasteiger partial charge < -0.3 is 4.79 Å². The molecule has 0 amide bonds. The summed E-state index contributed by atoms with van der Waals surface area (Å²) in [4.78, 5) is 9.50. The zero-order chi connectivity index (χ0) is 4.28. The fourth-order valence-corrected chi connectivity index (χ4v) is 0. The van der Waals surface area contributed by atoms with E-state index in [9.17, 15) is 4.79 Å². The van der Waals surface area contributed by atoms with E-state index in [0.717, 1.165) is 6.29 Å². The van der Waals surface area contributed by atoms with E-state index in [2.05, 4.69) is 0 Å². The van der Waals surface area contributed by atoms with Gasteiger partial charge in [-0.25, -0.2) is 0 Å². The van der Waals surface area contributed by atoms with Crippen LogP contribution in [0.3, 0.4) is 0 Å². The van der Waals surface area contributed by atoms with E-state index < -0.39 is 0 Å². The van der Waals surface area contributed by atoms with Crippen LogP contribution >= 0.6 is 0 Å². The van der Waals surface area contributed by atoms with Gasteiger partial charge in [0.15, 0.2) is 0 Å². The van der Waals surface area contributed by atoms with Gasteiger partial charge in [-0.15, -0.1) is 0 Å². The first kappa shape index (κ1) is 10.2. The predicted molar refractivity (Wildman–Crippen MR) is 29.4 cm³/mol. The average molecular weight is 162 g/mol. The van der Waals surface area contributed by atoms with Gasteiger partial charge in [0.05, 0.1) is 0 Å². The molecule has 0 aromatic heterocycles. The average Bonchev–Trinajstić information content (AvgIpc) is 1.38. The van der Waals surface area contributed by atoms with Crippen molar-refractivity contribution in [2.24, 2.45) is 5.92 Å². The monoisotopic (exact) mass is 162 g/mol. The van der Waals surface area contributed by atoms with Gasteiger partial charge in [0.1, 0.15) is 6.29 Å². The van der Waals surface area contributed by atoms with Crippen molar-refractivity contribution in [2.75, 3.05) is 0 Å². The third-order valence-electron chi connectivity index (χ3n) is 0.272. The second-order valence-corrected chi connectivity index (χ2v) is 1.38. The van der Waals surface area contributed by atoms with Crippen molar-refractivity contribution in [3.05, 3.63) is 0 Å². The molecule has 0 unspecified atom stereocenters. The van der Waals surface area contributed by atoms with Crippen LogP contribution in [0.5, 0.6) is 0 Å². The van der Waals surface area contributed by atoms with E-state index in [0.29, 0.717) is 0 Å². The summed E-state index contributed by atoms with van der Waals surface area (Å²) in [5.74, 6) is 0.204. The molecule has 0 aromatic rings. The molecule has 34 valence electrons. The summed E-state index contributed by atoms with van der Waals surface area (Å²) in [6.45, 7) is 3.71. The molecule has 0 aliphatic rings. The normalized spacial score (nSPS) is 7.17. The molecule has 1 nitrogen and oxygen atoms in total. The van der Waals surface area contributed by atoms with Gasteiger partial charge >= 0.3 is 45.5 Å². The Morgan fingerprint density at radius 2 is 1.67 bits per heavy atom. The van der Waals surface area contributed by atoms with Crippen LogP contribution in [-0.4, -0.2) is 51.8 Å². The van der Waals surface area contributed by atoms with Crippen LogP contribution < -0.4 is 0 Å². The van der Waals surface area contributed by atoms with Crippen LogP contribution in [0.1, 0.15) is 13.8 Å². The molecule has 0 saturated carbocycles. The Labute approximate surface area is 75.4 Å². The predicted octanol–water partition coefficient (Wildman–Crippen LogP) is -0.0749. The molecule has 0 rings (SSSR count). The molecule has 2 heteroatoms. The number of carbonyl (C=O) groups is 1. The van der Waals surface area contributed by atoms with E-state index in [4.69, 9.17) is 0 Å². The molecular weight excluding hydrogens is 152 g/mol. The number of carbonyl (C=O) groups excluding carboxylic acids is 1. The Morgan fingerprint density at radius 3 is 1.67 bits per heavy atom. The van der Waals surface area contributed by atoms with E-state index in [-0.39, 0.29) is 51.4 Å². The summed E-state index contributed by atoms with van der Waals surface area (Å²) < 4.78 is 0. The Morgan fingerprint density at radius 1 is 1.50 bits per heavy atom. The van der Waals surface area contributed by atoms with E-state index in [1.165, 1.54) is 0 Å². The van der Waals surface area contributed by atoms with Crippen LogP contribution in [0.15, 0.2) is 0 Å². The second kappa shape index (κ2) is 6.15. The van der Waals surface area contributed by atoms with Crippen molar-refractivity contribution in [3.63, 3.8) is 0 Å². The third-order valence-corrected chi connectivity index (χ3v) is 0.272. The third kappa shape index (κ3) is 8.94. The zero-order valence-corrected chi connectivity index (χ0v) is 3.56. The van der Waals surface area contributed by atoms with Crippen LogP contribution in [0.4, 0.5) is 0 Å². The summed E-state index contributed by atoms with van der Waals surface area (Å²) in [6.07, 6.45) is 0.917. The van der Waals surface area contributed by atoms with E-state index >= 15 is 0 Å². The van der Waals surface area contributed by atoms with Crippen molar-refractivity contribution in [2.45, 2.75) is 13.8 Å².